The van der Waals surface area contributed by atoms with Crippen LogP contribution in [0.5, 0.6) is 0 Å². The van der Waals surface area contributed by atoms with Crippen molar-refractivity contribution in [3.05, 3.63) is 39.8 Å². The largest absolute Gasteiger partial charge is 0.476 e. The van der Waals surface area contributed by atoms with Gasteiger partial charge in [0.05, 0.1) is 0 Å². The van der Waals surface area contributed by atoms with E-state index in [0.717, 1.165) is 15.6 Å². The Bertz CT molecular complexity index is 747. The van der Waals surface area contributed by atoms with Crippen LogP contribution in [0, 0.1) is 0 Å². The summed E-state index contributed by atoms with van der Waals surface area (Å²) in [7, 11) is 0. The summed E-state index contributed by atoms with van der Waals surface area (Å²) in [6.07, 6.45) is 0. The Morgan fingerprint density at radius 1 is 1.39 bits per heavy atom. The van der Waals surface area contributed by atoms with Crippen LogP contribution >= 0.6 is 27.3 Å². The molecule has 0 spiro atoms. The fourth-order valence-corrected chi connectivity index (χ4v) is 3.20. The molecule has 0 fully saturated rings. The fourth-order valence-electron chi connectivity index (χ4n) is 1.73. The van der Waals surface area contributed by atoms with Crippen molar-refractivity contribution in [1.29, 1.82) is 0 Å². The van der Waals surface area contributed by atoms with E-state index >= 15 is 0 Å². The van der Waals surface area contributed by atoms with Crippen molar-refractivity contribution in [2.45, 2.75) is 0 Å². The molecule has 3 aromatic rings. The van der Waals surface area contributed by atoms with Crippen LogP contribution in [0.4, 0.5) is 0 Å². The summed E-state index contributed by atoms with van der Waals surface area (Å²) in [5.74, 6) is -0.665. The SMILES string of the molecule is O=C(O)c1noc(-c2csc3ccccc23)c1Br. The quantitative estimate of drug-likeness (QED) is 0.773. The van der Waals surface area contributed by atoms with Crippen LogP contribution in [0.3, 0.4) is 0 Å². The molecule has 18 heavy (non-hydrogen) atoms. The van der Waals surface area contributed by atoms with Crippen molar-refractivity contribution in [3.63, 3.8) is 0 Å². The number of halogens is 1. The van der Waals surface area contributed by atoms with Crippen molar-refractivity contribution in [2.75, 3.05) is 0 Å². The molecule has 0 bridgehead atoms. The lowest BCUT2D eigenvalue weighted by Gasteiger charge is -1.94. The number of hydrogen-bond acceptors (Lipinski definition) is 4. The maximum atomic E-state index is 10.9. The second-order valence-electron chi connectivity index (χ2n) is 3.62. The second-order valence-corrected chi connectivity index (χ2v) is 5.33. The summed E-state index contributed by atoms with van der Waals surface area (Å²) in [6, 6.07) is 7.87. The third kappa shape index (κ3) is 1.65. The number of carboxylic acids is 1. The number of fused-ring (bicyclic) bond motifs is 1. The van der Waals surface area contributed by atoms with Gasteiger partial charge in [0.2, 0.25) is 5.69 Å². The predicted molar refractivity (Wildman–Crippen MR) is 72.0 cm³/mol. The van der Waals surface area contributed by atoms with E-state index in [1.165, 1.54) is 0 Å². The van der Waals surface area contributed by atoms with Crippen LogP contribution in [0.25, 0.3) is 21.4 Å². The molecule has 0 radical (unpaired) electrons. The molecular weight excluding hydrogens is 318 g/mol. The maximum Gasteiger partial charge on any atom is 0.359 e. The van der Waals surface area contributed by atoms with Crippen LogP contribution in [-0.2, 0) is 0 Å². The van der Waals surface area contributed by atoms with Gasteiger partial charge in [0.25, 0.3) is 0 Å². The molecule has 1 N–H and O–H groups in total. The van der Waals surface area contributed by atoms with Crippen LogP contribution in [0.2, 0.25) is 0 Å². The first kappa shape index (κ1) is 11.4. The van der Waals surface area contributed by atoms with E-state index in [2.05, 4.69) is 21.1 Å². The number of thiophene rings is 1. The van der Waals surface area contributed by atoms with E-state index in [9.17, 15) is 4.79 Å². The second kappa shape index (κ2) is 4.22. The first-order valence-electron chi connectivity index (χ1n) is 5.03. The number of hydrogen-bond donors (Lipinski definition) is 1. The lowest BCUT2D eigenvalue weighted by Crippen LogP contribution is -1.96. The summed E-state index contributed by atoms with van der Waals surface area (Å²) in [5, 5.41) is 15.5. The van der Waals surface area contributed by atoms with Crippen molar-refractivity contribution in [1.82, 2.24) is 5.16 Å². The maximum absolute atomic E-state index is 10.9. The minimum absolute atomic E-state index is 0.111. The minimum atomic E-state index is -1.11. The Morgan fingerprint density at radius 3 is 2.89 bits per heavy atom. The molecule has 0 amide bonds. The van der Waals surface area contributed by atoms with Crippen LogP contribution in [0.1, 0.15) is 10.5 Å². The summed E-state index contributed by atoms with van der Waals surface area (Å²) in [5.41, 5.74) is 0.739. The molecule has 0 aliphatic rings. The van der Waals surface area contributed by atoms with E-state index in [4.69, 9.17) is 9.63 Å². The molecular formula is C12H6BrNO3S. The van der Waals surface area contributed by atoms with Crippen molar-refractivity contribution >= 4 is 43.3 Å². The highest BCUT2D eigenvalue weighted by atomic mass is 79.9. The van der Waals surface area contributed by atoms with Crippen molar-refractivity contribution in [3.8, 4) is 11.3 Å². The number of carbonyl (C=O) groups is 1. The Hall–Kier alpha value is -1.66. The van der Waals surface area contributed by atoms with Crippen molar-refractivity contribution in [2.24, 2.45) is 0 Å². The number of benzene rings is 1. The van der Waals surface area contributed by atoms with Crippen LogP contribution in [0.15, 0.2) is 38.6 Å². The summed E-state index contributed by atoms with van der Waals surface area (Å²) in [4.78, 5) is 10.9. The third-order valence-corrected chi connectivity index (χ3v) is 4.26. The van der Waals surface area contributed by atoms with Gasteiger partial charge in [0, 0.05) is 21.0 Å². The molecule has 0 aliphatic carbocycles. The minimum Gasteiger partial charge on any atom is -0.476 e. The Balaban J connectivity index is 2.24. The van der Waals surface area contributed by atoms with Crippen LogP contribution in [-0.4, -0.2) is 16.2 Å². The van der Waals surface area contributed by atoms with Gasteiger partial charge in [0.15, 0.2) is 5.76 Å². The average Bonchev–Trinajstić information content (AvgIpc) is 2.92. The number of rotatable bonds is 2. The molecule has 90 valence electrons. The molecule has 0 unspecified atom stereocenters. The molecule has 2 aromatic heterocycles. The smallest absolute Gasteiger partial charge is 0.359 e. The molecule has 0 saturated heterocycles. The monoisotopic (exact) mass is 323 g/mol. The lowest BCUT2D eigenvalue weighted by atomic mass is 10.1. The van der Waals surface area contributed by atoms with E-state index in [1.807, 2.05) is 29.6 Å². The molecule has 2 heterocycles. The molecule has 1 aromatic carbocycles. The standard InChI is InChI=1S/C12H6BrNO3S/c13-9-10(12(15)16)14-17-11(9)7-5-18-8-4-2-1-3-6(7)8/h1-5H,(H,15,16). The predicted octanol–water partition coefficient (Wildman–Crippen LogP) is 4.02. The van der Waals surface area contributed by atoms with E-state index in [1.54, 1.807) is 11.3 Å². The van der Waals surface area contributed by atoms with E-state index in [0.29, 0.717) is 10.2 Å². The van der Waals surface area contributed by atoms with Crippen molar-refractivity contribution < 1.29 is 14.4 Å². The molecule has 0 atom stereocenters. The molecule has 0 aliphatic heterocycles. The highest BCUT2D eigenvalue weighted by molar-refractivity contribution is 9.10. The number of aromatic nitrogens is 1. The van der Waals surface area contributed by atoms with Gasteiger partial charge in [-0.3, -0.25) is 0 Å². The molecule has 4 nitrogen and oxygen atoms in total. The summed E-state index contributed by atoms with van der Waals surface area (Å²) < 4.78 is 6.63. The Morgan fingerprint density at radius 2 is 2.17 bits per heavy atom. The molecule has 0 saturated carbocycles. The first-order valence-corrected chi connectivity index (χ1v) is 6.71. The van der Waals surface area contributed by atoms with Gasteiger partial charge in [-0.2, -0.15) is 0 Å². The molecule has 6 heteroatoms. The summed E-state index contributed by atoms with van der Waals surface area (Å²) >= 11 is 4.81. The first-order chi connectivity index (χ1) is 8.68. The molecule has 3 rings (SSSR count). The van der Waals surface area contributed by atoms with Gasteiger partial charge < -0.3 is 9.63 Å². The number of carboxylic acid groups (broad SMARTS) is 1. The van der Waals surface area contributed by atoms with Gasteiger partial charge in [-0.15, -0.1) is 11.3 Å². The topological polar surface area (TPSA) is 63.3 Å². The van der Waals surface area contributed by atoms with Gasteiger partial charge in [-0.25, -0.2) is 4.79 Å². The zero-order valence-corrected chi connectivity index (χ0v) is 11.3. The summed E-state index contributed by atoms with van der Waals surface area (Å²) in [6.45, 7) is 0. The lowest BCUT2D eigenvalue weighted by molar-refractivity contribution is 0.0685. The number of nitrogens with zero attached hydrogens (tertiary/aromatic N) is 1. The van der Waals surface area contributed by atoms with Gasteiger partial charge in [-0.05, 0) is 22.0 Å². The van der Waals surface area contributed by atoms with Gasteiger partial charge >= 0.3 is 5.97 Å². The third-order valence-electron chi connectivity index (χ3n) is 2.56. The van der Waals surface area contributed by atoms with E-state index in [-0.39, 0.29) is 5.69 Å². The van der Waals surface area contributed by atoms with Gasteiger partial charge in [-0.1, -0.05) is 23.4 Å². The number of aromatic carboxylic acids is 1. The average molecular weight is 324 g/mol. The highest BCUT2D eigenvalue weighted by Gasteiger charge is 2.22. The van der Waals surface area contributed by atoms with Gasteiger partial charge in [0.1, 0.15) is 4.47 Å². The highest BCUT2D eigenvalue weighted by Crippen LogP contribution is 2.38. The zero-order valence-electron chi connectivity index (χ0n) is 8.88. The zero-order chi connectivity index (χ0) is 12.7. The Labute approximate surface area is 114 Å². The fraction of sp³-hybridized carbons (Fsp3) is 0. The van der Waals surface area contributed by atoms with E-state index < -0.39 is 5.97 Å². The normalized spacial score (nSPS) is 10.9. The van der Waals surface area contributed by atoms with Crippen LogP contribution < -0.4 is 0 Å². The Kier molecular flexibility index (Phi) is 2.68.